The van der Waals surface area contributed by atoms with Gasteiger partial charge in [-0.1, -0.05) is 48.5 Å². The molecule has 0 fully saturated rings. The summed E-state index contributed by atoms with van der Waals surface area (Å²) < 4.78 is 0. The minimum absolute atomic E-state index is 0.0641. The van der Waals surface area contributed by atoms with E-state index in [1.54, 1.807) is 48.5 Å². The summed E-state index contributed by atoms with van der Waals surface area (Å²) in [5.74, 6) is -0.128. The van der Waals surface area contributed by atoms with Gasteiger partial charge in [-0.25, -0.2) is 9.59 Å². The first-order chi connectivity index (χ1) is 11.3. The van der Waals surface area contributed by atoms with Gasteiger partial charge in [0, 0.05) is 22.3 Å². The summed E-state index contributed by atoms with van der Waals surface area (Å²) in [6, 6.07) is 13.9. The monoisotopic (exact) mass is 330 g/mol. The van der Waals surface area contributed by atoms with Crippen molar-refractivity contribution in [1.82, 2.24) is 0 Å². The molecular formula is C16H14N2O6. The van der Waals surface area contributed by atoms with Crippen LogP contribution in [-0.4, -0.2) is 34.0 Å². The van der Waals surface area contributed by atoms with Crippen LogP contribution < -0.4 is 11.5 Å². The zero-order chi connectivity index (χ0) is 18.3. The molecule has 0 aliphatic heterocycles. The molecule has 0 saturated heterocycles. The van der Waals surface area contributed by atoms with Crippen LogP contribution in [0.5, 0.6) is 0 Å². The molecule has 8 nitrogen and oxygen atoms in total. The van der Waals surface area contributed by atoms with Crippen molar-refractivity contribution >= 4 is 23.8 Å². The van der Waals surface area contributed by atoms with E-state index in [-0.39, 0.29) is 11.6 Å². The van der Waals surface area contributed by atoms with Gasteiger partial charge in [-0.3, -0.25) is 9.59 Å². The van der Waals surface area contributed by atoms with Gasteiger partial charge in [0.05, 0.1) is 0 Å². The van der Waals surface area contributed by atoms with Gasteiger partial charge in [0.1, 0.15) is 0 Å². The van der Waals surface area contributed by atoms with E-state index in [4.69, 9.17) is 19.8 Å². The number of ketones is 2. The third kappa shape index (κ3) is 4.67. The summed E-state index contributed by atoms with van der Waals surface area (Å²) >= 11 is 0. The first-order valence-corrected chi connectivity index (χ1v) is 6.50. The maximum Gasteiger partial charge on any atom is 0.402 e. The van der Waals surface area contributed by atoms with Crippen molar-refractivity contribution in [3.05, 3.63) is 70.8 Å². The lowest BCUT2D eigenvalue weighted by atomic mass is 9.84. The first kappa shape index (κ1) is 18.4. The number of primary amides is 2. The number of carboxylic acid groups (broad SMARTS) is 2. The summed E-state index contributed by atoms with van der Waals surface area (Å²) in [6.07, 6.45) is -2.67. The van der Waals surface area contributed by atoms with Crippen LogP contribution in [0.4, 0.5) is 9.59 Å². The fourth-order valence-electron chi connectivity index (χ4n) is 2.05. The Morgan fingerprint density at radius 1 is 0.625 bits per heavy atom. The number of rotatable bonds is 0. The lowest BCUT2D eigenvalue weighted by Crippen LogP contribution is -2.20. The molecule has 0 aromatic heterocycles. The Balaban J connectivity index is 0.000000306. The van der Waals surface area contributed by atoms with E-state index in [0.717, 1.165) is 0 Å². The third-order valence-electron chi connectivity index (χ3n) is 2.83. The van der Waals surface area contributed by atoms with Crippen LogP contribution in [0.1, 0.15) is 31.8 Å². The van der Waals surface area contributed by atoms with Crippen LogP contribution in [0.3, 0.4) is 0 Å². The Kier molecular flexibility index (Phi) is 6.19. The van der Waals surface area contributed by atoms with Gasteiger partial charge in [-0.05, 0) is 0 Å². The van der Waals surface area contributed by atoms with E-state index in [0.29, 0.717) is 22.3 Å². The standard InChI is InChI=1S/C14H8O2.2CH3NO2/c15-13-9-5-1-2-6-10(9)14(16)12-8-4-3-7-11(12)13;2*2-1(3)4/h1-8H;2*2H2,(H,3,4). The quantitative estimate of drug-likeness (QED) is 0.490. The van der Waals surface area contributed by atoms with Crippen molar-refractivity contribution in [2.45, 2.75) is 0 Å². The van der Waals surface area contributed by atoms with Crippen molar-refractivity contribution in [3.8, 4) is 0 Å². The summed E-state index contributed by atoms with van der Waals surface area (Å²) in [7, 11) is 0. The van der Waals surface area contributed by atoms with Gasteiger partial charge >= 0.3 is 12.2 Å². The lowest BCUT2D eigenvalue weighted by molar-refractivity contribution is 0.0979. The Labute approximate surface area is 136 Å². The minimum Gasteiger partial charge on any atom is -0.465 e. The lowest BCUT2D eigenvalue weighted by Gasteiger charge is -2.16. The van der Waals surface area contributed by atoms with Crippen molar-refractivity contribution in [1.29, 1.82) is 0 Å². The van der Waals surface area contributed by atoms with Gasteiger partial charge in [-0.15, -0.1) is 0 Å². The molecule has 8 heteroatoms. The molecule has 2 aromatic carbocycles. The van der Waals surface area contributed by atoms with Gasteiger partial charge in [0.2, 0.25) is 0 Å². The highest BCUT2D eigenvalue weighted by atomic mass is 16.4. The zero-order valence-electron chi connectivity index (χ0n) is 12.3. The van der Waals surface area contributed by atoms with Gasteiger partial charge < -0.3 is 21.7 Å². The predicted molar refractivity (Wildman–Crippen MR) is 84.2 cm³/mol. The molecule has 0 heterocycles. The molecule has 1 aliphatic rings. The Bertz CT molecular complexity index is 675. The summed E-state index contributed by atoms with van der Waals surface area (Å²) in [6.45, 7) is 0. The predicted octanol–water partition coefficient (Wildman–Crippen LogP) is 1.71. The Hall–Kier alpha value is -3.68. The highest BCUT2D eigenvalue weighted by molar-refractivity contribution is 6.28. The van der Waals surface area contributed by atoms with Crippen molar-refractivity contribution in [2.24, 2.45) is 11.5 Å². The summed E-state index contributed by atoms with van der Waals surface area (Å²) in [5, 5.41) is 14.4. The molecule has 2 amide bonds. The Morgan fingerprint density at radius 3 is 0.958 bits per heavy atom. The maximum absolute atomic E-state index is 12.1. The van der Waals surface area contributed by atoms with Gasteiger partial charge in [0.15, 0.2) is 11.6 Å². The van der Waals surface area contributed by atoms with Crippen LogP contribution in [0.25, 0.3) is 0 Å². The van der Waals surface area contributed by atoms with Crippen LogP contribution in [-0.2, 0) is 0 Å². The minimum atomic E-state index is -1.33. The Morgan fingerprint density at radius 2 is 0.792 bits per heavy atom. The van der Waals surface area contributed by atoms with Crippen LogP contribution in [0, 0.1) is 0 Å². The van der Waals surface area contributed by atoms with Crippen LogP contribution >= 0.6 is 0 Å². The maximum atomic E-state index is 12.1. The molecule has 0 radical (unpaired) electrons. The number of hydrogen-bond acceptors (Lipinski definition) is 4. The topological polar surface area (TPSA) is 161 Å². The molecular weight excluding hydrogens is 316 g/mol. The smallest absolute Gasteiger partial charge is 0.402 e. The number of fused-ring (bicyclic) bond motifs is 2. The SMILES string of the molecule is NC(=O)O.NC(=O)O.O=C1c2ccccc2C(=O)c2ccccc21. The second-order valence-electron chi connectivity index (χ2n) is 4.43. The van der Waals surface area contributed by atoms with Crippen molar-refractivity contribution < 1.29 is 29.4 Å². The van der Waals surface area contributed by atoms with E-state index in [1.165, 1.54) is 0 Å². The highest BCUT2D eigenvalue weighted by Gasteiger charge is 2.28. The molecule has 1 aliphatic carbocycles. The molecule has 0 bridgehead atoms. The second kappa shape index (κ2) is 8.08. The molecule has 0 unspecified atom stereocenters. The molecule has 0 atom stereocenters. The van der Waals surface area contributed by atoms with Crippen molar-refractivity contribution in [2.75, 3.05) is 0 Å². The fraction of sp³-hybridized carbons (Fsp3) is 0. The molecule has 0 saturated carbocycles. The van der Waals surface area contributed by atoms with Gasteiger partial charge in [-0.2, -0.15) is 0 Å². The number of hydrogen-bond donors (Lipinski definition) is 4. The largest absolute Gasteiger partial charge is 0.465 e. The molecule has 3 rings (SSSR count). The summed E-state index contributed by atoms with van der Waals surface area (Å²) in [5.41, 5.74) is 10.1. The molecule has 0 spiro atoms. The fourth-order valence-corrected chi connectivity index (χ4v) is 2.05. The zero-order valence-corrected chi connectivity index (χ0v) is 12.3. The number of amides is 2. The second-order valence-corrected chi connectivity index (χ2v) is 4.43. The number of nitrogens with two attached hydrogens (primary N) is 2. The summed E-state index contributed by atoms with van der Waals surface area (Å²) in [4.78, 5) is 41.8. The average molecular weight is 330 g/mol. The number of benzene rings is 2. The number of carbonyl (C=O) groups is 4. The van der Waals surface area contributed by atoms with E-state index in [1.807, 2.05) is 0 Å². The number of carbonyl (C=O) groups excluding carboxylic acids is 2. The third-order valence-corrected chi connectivity index (χ3v) is 2.83. The average Bonchev–Trinajstić information content (AvgIpc) is 2.52. The molecule has 124 valence electrons. The molecule has 2 aromatic rings. The first-order valence-electron chi connectivity index (χ1n) is 6.50. The van der Waals surface area contributed by atoms with Crippen LogP contribution in [0.15, 0.2) is 48.5 Å². The van der Waals surface area contributed by atoms with Gasteiger partial charge in [0.25, 0.3) is 0 Å². The highest BCUT2D eigenvalue weighted by Crippen LogP contribution is 2.26. The molecule has 24 heavy (non-hydrogen) atoms. The normalized spacial score (nSPS) is 10.8. The van der Waals surface area contributed by atoms with E-state index >= 15 is 0 Å². The van der Waals surface area contributed by atoms with E-state index < -0.39 is 12.2 Å². The van der Waals surface area contributed by atoms with Crippen LogP contribution in [0.2, 0.25) is 0 Å². The molecule has 6 N–H and O–H groups in total. The van der Waals surface area contributed by atoms with E-state index in [9.17, 15) is 9.59 Å². The van der Waals surface area contributed by atoms with E-state index in [2.05, 4.69) is 11.5 Å². The van der Waals surface area contributed by atoms with Crippen molar-refractivity contribution in [3.63, 3.8) is 0 Å².